The van der Waals surface area contributed by atoms with Crippen LogP contribution in [0.5, 0.6) is 0 Å². The van der Waals surface area contributed by atoms with Gasteiger partial charge < -0.3 is 5.32 Å². The molecule has 0 aromatic carbocycles. The van der Waals surface area contributed by atoms with E-state index in [0.717, 1.165) is 30.2 Å². The molecular formula is C14H20N4S. The Balaban J connectivity index is 1.91. The summed E-state index contributed by atoms with van der Waals surface area (Å²) >= 11 is 1.78. The first-order valence-electron chi connectivity index (χ1n) is 6.51. The number of hydrogen-bond donors (Lipinski definition) is 1. The van der Waals surface area contributed by atoms with E-state index >= 15 is 0 Å². The van der Waals surface area contributed by atoms with E-state index in [0.29, 0.717) is 0 Å². The van der Waals surface area contributed by atoms with Gasteiger partial charge in [0, 0.05) is 25.5 Å². The molecule has 2 rings (SSSR count). The molecule has 4 nitrogen and oxygen atoms in total. The minimum atomic E-state index is 0.917. The van der Waals surface area contributed by atoms with Gasteiger partial charge in [-0.15, -0.1) is 11.8 Å². The Hall–Kier alpha value is -1.49. The van der Waals surface area contributed by atoms with Crippen LogP contribution in [0.3, 0.4) is 0 Å². The summed E-state index contributed by atoms with van der Waals surface area (Å²) in [5.74, 6) is 1.87. The lowest BCUT2D eigenvalue weighted by molar-refractivity contribution is 0.692. The molecule has 19 heavy (non-hydrogen) atoms. The van der Waals surface area contributed by atoms with Crippen LogP contribution in [0.2, 0.25) is 0 Å². The summed E-state index contributed by atoms with van der Waals surface area (Å²) in [7, 11) is 1.98. The number of aryl methyl sites for hydroxylation is 2. The van der Waals surface area contributed by atoms with Gasteiger partial charge in [0.25, 0.3) is 0 Å². The lowest BCUT2D eigenvalue weighted by Gasteiger charge is -2.05. The van der Waals surface area contributed by atoms with Crippen molar-refractivity contribution in [1.82, 2.24) is 14.8 Å². The van der Waals surface area contributed by atoms with Crippen molar-refractivity contribution in [2.75, 3.05) is 11.9 Å². The number of nitrogens with zero attached hydrogens (tertiary/aromatic N) is 3. The van der Waals surface area contributed by atoms with Crippen LogP contribution in [0.15, 0.2) is 29.4 Å². The molecule has 0 aliphatic carbocycles. The van der Waals surface area contributed by atoms with E-state index in [1.54, 1.807) is 11.8 Å². The van der Waals surface area contributed by atoms with E-state index in [9.17, 15) is 0 Å². The van der Waals surface area contributed by atoms with Gasteiger partial charge in [-0.3, -0.25) is 4.68 Å². The molecule has 0 fully saturated rings. The topological polar surface area (TPSA) is 42.7 Å². The number of anilines is 1. The molecule has 0 radical (unpaired) electrons. The molecule has 102 valence electrons. The van der Waals surface area contributed by atoms with Crippen molar-refractivity contribution in [3.05, 3.63) is 35.7 Å². The Morgan fingerprint density at radius 3 is 2.79 bits per heavy atom. The third-order valence-electron chi connectivity index (χ3n) is 2.73. The molecule has 0 saturated carbocycles. The maximum Gasteiger partial charge on any atom is 0.125 e. The minimum Gasteiger partial charge on any atom is -0.370 e. The maximum atomic E-state index is 4.41. The average molecular weight is 276 g/mol. The Morgan fingerprint density at radius 2 is 2.21 bits per heavy atom. The van der Waals surface area contributed by atoms with Gasteiger partial charge in [-0.05, 0) is 31.0 Å². The monoisotopic (exact) mass is 276 g/mol. The molecule has 0 unspecified atom stereocenters. The molecule has 0 amide bonds. The van der Waals surface area contributed by atoms with Crippen LogP contribution < -0.4 is 5.32 Å². The Labute approximate surface area is 118 Å². The molecule has 0 aliphatic rings. The SMILES string of the molecule is CCCNc1ccc(CSc2cc(C)nn2C)cn1. The summed E-state index contributed by atoms with van der Waals surface area (Å²) in [5, 5.41) is 8.80. The third kappa shape index (κ3) is 3.99. The van der Waals surface area contributed by atoms with Crippen molar-refractivity contribution in [2.45, 2.75) is 31.0 Å². The highest BCUT2D eigenvalue weighted by atomic mass is 32.2. The van der Waals surface area contributed by atoms with E-state index in [4.69, 9.17) is 0 Å². The van der Waals surface area contributed by atoms with Crippen LogP contribution >= 0.6 is 11.8 Å². The molecule has 0 spiro atoms. The third-order valence-corrected chi connectivity index (χ3v) is 3.88. The highest BCUT2D eigenvalue weighted by Gasteiger charge is 2.03. The summed E-state index contributed by atoms with van der Waals surface area (Å²) in [6.07, 6.45) is 3.05. The molecular weight excluding hydrogens is 256 g/mol. The second kappa shape index (κ2) is 6.61. The van der Waals surface area contributed by atoms with Gasteiger partial charge in [0.2, 0.25) is 0 Å². The fraction of sp³-hybridized carbons (Fsp3) is 0.429. The second-order valence-corrected chi connectivity index (χ2v) is 5.51. The molecule has 5 heteroatoms. The Bertz CT molecular complexity index is 519. The molecule has 0 bridgehead atoms. The number of aromatic nitrogens is 3. The zero-order valence-corrected chi connectivity index (χ0v) is 12.5. The highest BCUT2D eigenvalue weighted by molar-refractivity contribution is 7.98. The van der Waals surface area contributed by atoms with E-state index in [-0.39, 0.29) is 0 Å². The van der Waals surface area contributed by atoms with E-state index in [2.05, 4.69) is 34.5 Å². The first kappa shape index (κ1) is 13.9. The fourth-order valence-corrected chi connectivity index (χ4v) is 2.71. The Kier molecular flexibility index (Phi) is 4.85. The molecule has 2 heterocycles. The van der Waals surface area contributed by atoms with Gasteiger partial charge in [0.1, 0.15) is 5.82 Å². The molecule has 0 aliphatic heterocycles. The highest BCUT2D eigenvalue weighted by Crippen LogP contribution is 2.23. The van der Waals surface area contributed by atoms with Crippen LogP contribution in [-0.2, 0) is 12.8 Å². The van der Waals surface area contributed by atoms with Crippen LogP contribution in [0.1, 0.15) is 24.6 Å². The van der Waals surface area contributed by atoms with Gasteiger partial charge in [-0.2, -0.15) is 5.10 Å². The quantitative estimate of drug-likeness (QED) is 0.823. The van der Waals surface area contributed by atoms with Crippen molar-refractivity contribution in [1.29, 1.82) is 0 Å². The van der Waals surface area contributed by atoms with Gasteiger partial charge in [-0.25, -0.2) is 4.98 Å². The van der Waals surface area contributed by atoms with Crippen LogP contribution in [-0.4, -0.2) is 21.3 Å². The zero-order chi connectivity index (χ0) is 13.7. The lowest BCUT2D eigenvalue weighted by Crippen LogP contribution is -2.01. The molecule has 1 N–H and O–H groups in total. The van der Waals surface area contributed by atoms with Crippen molar-refractivity contribution >= 4 is 17.6 Å². The number of pyridine rings is 1. The van der Waals surface area contributed by atoms with Crippen molar-refractivity contribution in [3.8, 4) is 0 Å². The standard InChI is InChI=1S/C14H20N4S/c1-4-7-15-13-6-5-12(9-16-13)10-19-14-8-11(2)17-18(14)3/h5-6,8-9H,4,7,10H2,1-3H3,(H,15,16). The predicted octanol–water partition coefficient (Wildman–Crippen LogP) is 3.24. The van der Waals surface area contributed by atoms with Crippen molar-refractivity contribution < 1.29 is 0 Å². The van der Waals surface area contributed by atoms with Crippen LogP contribution in [0.25, 0.3) is 0 Å². The molecule has 2 aromatic heterocycles. The first-order valence-corrected chi connectivity index (χ1v) is 7.50. The number of thioether (sulfide) groups is 1. The van der Waals surface area contributed by atoms with Crippen molar-refractivity contribution in [2.24, 2.45) is 7.05 Å². The molecule has 2 aromatic rings. The van der Waals surface area contributed by atoms with Gasteiger partial charge in [-0.1, -0.05) is 13.0 Å². The minimum absolute atomic E-state index is 0.917. The molecule has 0 atom stereocenters. The average Bonchev–Trinajstić information content (AvgIpc) is 2.73. The first-order chi connectivity index (χ1) is 9.19. The summed E-state index contributed by atoms with van der Waals surface area (Å²) < 4.78 is 1.92. The lowest BCUT2D eigenvalue weighted by atomic mass is 10.3. The zero-order valence-electron chi connectivity index (χ0n) is 11.7. The summed E-state index contributed by atoms with van der Waals surface area (Å²) in [5.41, 5.74) is 2.29. The summed E-state index contributed by atoms with van der Waals surface area (Å²) in [6.45, 7) is 5.13. The number of rotatable bonds is 6. The Morgan fingerprint density at radius 1 is 1.37 bits per heavy atom. The normalized spacial score (nSPS) is 10.7. The number of nitrogens with one attached hydrogen (secondary N) is 1. The second-order valence-electron chi connectivity index (χ2n) is 4.51. The van der Waals surface area contributed by atoms with E-state index < -0.39 is 0 Å². The van der Waals surface area contributed by atoms with E-state index in [1.165, 1.54) is 10.6 Å². The van der Waals surface area contributed by atoms with E-state index in [1.807, 2.05) is 30.9 Å². The van der Waals surface area contributed by atoms with Crippen molar-refractivity contribution in [3.63, 3.8) is 0 Å². The van der Waals surface area contributed by atoms with Gasteiger partial charge >= 0.3 is 0 Å². The van der Waals surface area contributed by atoms with Crippen LogP contribution in [0, 0.1) is 6.92 Å². The van der Waals surface area contributed by atoms with Gasteiger partial charge in [0.15, 0.2) is 0 Å². The largest absolute Gasteiger partial charge is 0.370 e. The van der Waals surface area contributed by atoms with Crippen LogP contribution in [0.4, 0.5) is 5.82 Å². The smallest absolute Gasteiger partial charge is 0.125 e. The number of hydrogen-bond acceptors (Lipinski definition) is 4. The van der Waals surface area contributed by atoms with Gasteiger partial charge in [0.05, 0.1) is 10.7 Å². The summed E-state index contributed by atoms with van der Waals surface area (Å²) in [6, 6.07) is 6.27. The fourth-order valence-electron chi connectivity index (χ4n) is 1.75. The summed E-state index contributed by atoms with van der Waals surface area (Å²) in [4.78, 5) is 4.41. The molecule has 0 saturated heterocycles. The predicted molar refractivity (Wildman–Crippen MR) is 80.5 cm³/mol. The maximum absolute atomic E-state index is 4.41.